The standard InChI is InChI=1S/C26H21NO5/c28-15-7-14-27-23(17-8-6-11-19(16-17)31-18-9-2-1-3-10-18)22-24(29)20-12-4-5-13-21(20)32-25(22)26(27)30/h1-6,8-13,16,23,28H,7,14-15H2/t23-/m0/s1. The number of carbonyl (C=O) groups excluding carboxylic acids is 1. The molecule has 0 fully saturated rings. The molecule has 6 heteroatoms. The van der Waals surface area contributed by atoms with Gasteiger partial charge in [0.2, 0.25) is 5.76 Å². The quantitative estimate of drug-likeness (QED) is 0.490. The molecule has 0 saturated carbocycles. The third kappa shape index (κ3) is 3.44. The molecule has 6 nitrogen and oxygen atoms in total. The zero-order valence-corrected chi connectivity index (χ0v) is 17.2. The van der Waals surface area contributed by atoms with E-state index in [2.05, 4.69) is 0 Å². The van der Waals surface area contributed by atoms with E-state index in [1.165, 1.54) is 0 Å². The molecule has 1 amide bonds. The summed E-state index contributed by atoms with van der Waals surface area (Å²) in [5, 5.41) is 9.80. The predicted molar refractivity (Wildman–Crippen MR) is 120 cm³/mol. The topological polar surface area (TPSA) is 80.0 Å². The number of para-hydroxylation sites is 2. The highest BCUT2D eigenvalue weighted by atomic mass is 16.5. The minimum absolute atomic E-state index is 0.0611. The number of carbonyl (C=O) groups is 1. The molecular formula is C26H21NO5. The van der Waals surface area contributed by atoms with Gasteiger partial charge in [-0.1, -0.05) is 42.5 Å². The van der Waals surface area contributed by atoms with Gasteiger partial charge in [0.1, 0.15) is 17.1 Å². The lowest BCUT2D eigenvalue weighted by Gasteiger charge is -2.25. The van der Waals surface area contributed by atoms with Crippen LogP contribution in [0.3, 0.4) is 0 Å². The maximum atomic E-state index is 13.4. The number of nitrogens with zero attached hydrogens (tertiary/aromatic N) is 1. The number of ether oxygens (including phenoxy) is 1. The fraction of sp³-hybridized carbons (Fsp3) is 0.154. The van der Waals surface area contributed by atoms with E-state index >= 15 is 0 Å². The molecule has 160 valence electrons. The van der Waals surface area contributed by atoms with Gasteiger partial charge in [0.15, 0.2) is 5.43 Å². The highest BCUT2D eigenvalue weighted by Gasteiger charge is 2.42. The van der Waals surface area contributed by atoms with Crippen molar-refractivity contribution in [3.63, 3.8) is 0 Å². The molecule has 2 heterocycles. The molecule has 0 spiro atoms. The summed E-state index contributed by atoms with van der Waals surface area (Å²) in [4.78, 5) is 28.3. The molecule has 1 atom stereocenters. The summed E-state index contributed by atoms with van der Waals surface area (Å²) in [6.07, 6.45) is 0.393. The number of aliphatic hydroxyl groups excluding tert-OH is 1. The van der Waals surface area contributed by atoms with E-state index in [0.717, 1.165) is 5.56 Å². The third-order valence-corrected chi connectivity index (χ3v) is 5.58. The maximum absolute atomic E-state index is 13.4. The molecule has 1 aromatic heterocycles. The second-order valence-corrected chi connectivity index (χ2v) is 7.64. The molecule has 1 N–H and O–H groups in total. The van der Waals surface area contributed by atoms with Crippen LogP contribution >= 0.6 is 0 Å². The summed E-state index contributed by atoms with van der Waals surface area (Å²) in [7, 11) is 0. The Bertz CT molecular complexity index is 1350. The number of fused-ring (bicyclic) bond motifs is 2. The smallest absolute Gasteiger partial charge is 0.290 e. The van der Waals surface area contributed by atoms with Crippen molar-refractivity contribution in [2.45, 2.75) is 12.5 Å². The fourth-order valence-corrected chi connectivity index (χ4v) is 4.16. The van der Waals surface area contributed by atoms with Gasteiger partial charge in [0.05, 0.1) is 17.0 Å². The van der Waals surface area contributed by atoms with Crippen LogP contribution in [0.4, 0.5) is 0 Å². The van der Waals surface area contributed by atoms with Crippen LogP contribution in [0, 0.1) is 0 Å². The van der Waals surface area contributed by atoms with E-state index in [-0.39, 0.29) is 23.7 Å². The van der Waals surface area contributed by atoms with Crippen molar-refractivity contribution < 1.29 is 19.1 Å². The van der Waals surface area contributed by atoms with Crippen molar-refractivity contribution >= 4 is 16.9 Å². The Morgan fingerprint density at radius 1 is 0.906 bits per heavy atom. The zero-order chi connectivity index (χ0) is 22.1. The molecule has 1 aliphatic rings. The van der Waals surface area contributed by atoms with Crippen molar-refractivity contribution in [1.82, 2.24) is 4.90 Å². The summed E-state index contributed by atoms with van der Waals surface area (Å²) < 4.78 is 11.9. The van der Waals surface area contributed by atoms with Crippen LogP contribution in [0.15, 0.2) is 88.1 Å². The molecule has 4 aromatic rings. The minimum Gasteiger partial charge on any atom is -0.457 e. The first-order valence-corrected chi connectivity index (χ1v) is 10.5. The lowest BCUT2D eigenvalue weighted by Crippen LogP contribution is -2.31. The van der Waals surface area contributed by atoms with E-state index in [4.69, 9.17) is 9.15 Å². The van der Waals surface area contributed by atoms with Crippen LogP contribution in [0.5, 0.6) is 11.5 Å². The Hall–Kier alpha value is -3.90. The predicted octanol–water partition coefficient (Wildman–Crippen LogP) is 4.51. The molecule has 5 rings (SSSR count). The molecule has 0 aliphatic carbocycles. The normalized spacial score (nSPS) is 15.2. The van der Waals surface area contributed by atoms with Gasteiger partial charge in [-0.05, 0) is 48.4 Å². The monoisotopic (exact) mass is 427 g/mol. The van der Waals surface area contributed by atoms with Crippen LogP contribution in [0.2, 0.25) is 0 Å². The van der Waals surface area contributed by atoms with Crippen LogP contribution in [-0.4, -0.2) is 29.1 Å². The van der Waals surface area contributed by atoms with Crippen molar-refractivity contribution in [2.75, 3.05) is 13.2 Å². The first-order valence-electron chi connectivity index (χ1n) is 10.5. The second kappa shape index (κ2) is 8.32. The molecule has 0 saturated heterocycles. The zero-order valence-electron chi connectivity index (χ0n) is 17.2. The number of hydrogen-bond donors (Lipinski definition) is 1. The van der Waals surface area contributed by atoms with Crippen molar-refractivity contribution in [2.24, 2.45) is 0 Å². The molecule has 32 heavy (non-hydrogen) atoms. The van der Waals surface area contributed by atoms with E-state index in [1.54, 1.807) is 29.2 Å². The average molecular weight is 427 g/mol. The largest absolute Gasteiger partial charge is 0.457 e. The van der Waals surface area contributed by atoms with E-state index < -0.39 is 6.04 Å². The Labute approximate surface area is 184 Å². The Balaban J connectivity index is 1.63. The van der Waals surface area contributed by atoms with Gasteiger partial charge < -0.3 is 19.2 Å². The van der Waals surface area contributed by atoms with Gasteiger partial charge in [-0.25, -0.2) is 0 Å². The highest BCUT2D eigenvalue weighted by Crippen LogP contribution is 2.39. The van der Waals surface area contributed by atoms with Crippen molar-refractivity contribution in [3.05, 3.63) is 106 Å². The molecule has 0 bridgehead atoms. The number of amides is 1. The number of rotatable bonds is 6. The van der Waals surface area contributed by atoms with E-state index in [1.807, 2.05) is 54.6 Å². The van der Waals surface area contributed by atoms with E-state index in [9.17, 15) is 14.7 Å². The van der Waals surface area contributed by atoms with Crippen LogP contribution in [0.25, 0.3) is 11.0 Å². The maximum Gasteiger partial charge on any atom is 0.290 e. The summed E-state index contributed by atoms with van der Waals surface area (Å²) in [6, 6.07) is 23.1. The first-order chi connectivity index (χ1) is 15.7. The summed E-state index contributed by atoms with van der Waals surface area (Å²) in [5.74, 6) is 0.999. The van der Waals surface area contributed by atoms with Crippen molar-refractivity contribution in [3.8, 4) is 11.5 Å². The molecule has 0 radical (unpaired) electrons. The first kappa shape index (κ1) is 20.0. The van der Waals surface area contributed by atoms with Gasteiger partial charge in [-0.15, -0.1) is 0 Å². The van der Waals surface area contributed by atoms with Crippen LogP contribution in [0.1, 0.15) is 34.1 Å². The number of aliphatic hydroxyl groups is 1. The molecule has 3 aromatic carbocycles. The minimum atomic E-state index is -0.621. The van der Waals surface area contributed by atoms with Gasteiger partial charge in [0, 0.05) is 13.2 Å². The molecular weight excluding hydrogens is 406 g/mol. The van der Waals surface area contributed by atoms with E-state index in [0.29, 0.717) is 41.0 Å². The Morgan fingerprint density at radius 2 is 1.66 bits per heavy atom. The lowest BCUT2D eigenvalue weighted by molar-refractivity contribution is 0.0716. The molecule has 0 unspecified atom stereocenters. The number of hydrogen-bond acceptors (Lipinski definition) is 5. The average Bonchev–Trinajstić information content (AvgIpc) is 3.10. The summed E-state index contributed by atoms with van der Waals surface area (Å²) >= 11 is 0. The van der Waals surface area contributed by atoms with Gasteiger partial charge in [0.25, 0.3) is 5.91 Å². The Morgan fingerprint density at radius 3 is 2.47 bits per heavy atom. The highest BCUT2D eigenvalue weighted by molar-refractivity contribution is 5.99. The Kier molecular flexibility index (Phi) is 5.21. The summed E-state index contributed by atoms with van der Waals surface area (Å²) in [5.41, 5.74) is 1.23. The second-order valence-electron chi connectivity index (χ2n) is 7.64. The third-order valence-electron chi connectivity index (χ3n) is 5.58. The summed E-state index contributed by atoms with van der Waals surface area (Å²) in [6.45, 7) is 0.233. The van der Waals surface area contributed by atoms with Gasteiger partial charge in [-0.2, -0.15) is 0 Å². The van der Waals surface area contributed by atoms with Crippen LogP contribution in [-0.2, 0) is 0 Å². The molecule has 1 aliphatic heterocycles. The number of benzene rings is 3. The van der Waals surface area contributed by atoms with Gasteiger partial charge in [-0.3, -0.25) is 9.59 Å². The van der Waals surface area contributed by atoms with Gasteiger partial charge >= 0.3 is 0 Å². The lowest BCUT2D eigenvalue weighted by atomic mass is 9.98. The fourth-order valence-electron chi connectivity index (χ4n) is 4.16. The van der Waals surface area contributed by atoms with Crippen molar-refractivity contribution in [1.29, 1.82) is 0 Å². The SMILES string of the molecule is O=C1c2oc3ccccc3c(=O)c2[C@H](c2cccc(Oc3ccccc3)c2)N1CCCO. The van der Waals surface area contributed by atoms with Crippen LogP contribution < -0.4 is 10.2 Å².